The highest BCUT2D eigenvalue weighted by Crippen LogP contribution is 2.39. The van der Waals surface area contributed by atoms with Gasteiger partial charge in [-0.2, -0.15) is 0 Å². The fourth-order valence-electron chi connectivity index (χ4n) is 3.78. The molecule has 0 unspecified atom stereocenters. The SMILES string of the molecule is C=C(Oc1ccc(NC(N)=O)cc1F)c1sc(C2=C=CCC=C(CN(C)CCN(C)CC)C=C2)cc1N=CC. The third-order valence-corrected chi connectivity index (χ3v) is 7.21. The van der Waals surface area contributed by atoms with Gasteiger partial charge in [0.25, 0.3) is 0 Å². The van der Waals surface area contributed by atoms with Gasteiger partial charge in [-0.05, 0) is 69.9 Å². The van der Waals surface area contributed by atoms with E-state index in [1.807, 2.05) is 19.1 Å². The van der Waals surface area contributed by atoms with E-state index in [2.05, 4.69) is 71.7 Å². The number of likely N-dealkylation sites (N-methyl/N-ethyl adjacent to an activating group) is 2. The summed E-state index contributed by atoms with van der Waals surface area (Å²) in [6.45, 7) is 11.9. The number of hydrogen-bond donors (Lipinski definition) is 2. The lowest BCUT2D eigenvalue weighted by Gasteiger charge is -2.21. The quantitative estimate of drug-likeness (QED) is 0.181. The molecule has 9 heteroatoms. The van der Waals surface area contributed by atoms with E-state index in [1.54, 1.807) is 6.21 Å². The van der Waals surface area contributed by atoms with Gasteiger partial charge in [0, 0.05) is 48.1 Å². The van der Waals surface area contributed by atoms with Crippen molar-refractivity contribution in [1.29, 1.82) is 0 Å². The summed E-state index contributed by atoms with van der Waals surface area (Å²) < 4.78 is 20.4. The molecule has 0 aliphatic heterocycles. The number of rotatable bonds is 12. The van der Waals surface area contributed by atoms with E-state index in [0.29, 0.717) is 10.6 Å². The Hall–Kier alpha value is -3.75. The fraction of sp³-hybridized carbons (Fsp3) is 0.300. The van der Waals surface area contributed by atoms with Gasteiger partial charge >= 0.3 is 6.03 Å². The van der Waals surface area contributed by atoms with Crippen LogP contribution in [0.5, 0.6) is 5.75 Å². The molecule has 39 heavy (non-hydrogen) atoms. The Morgan fingerprint density at radius 2 is 2.05 bits per heavy atom. The number of benzene rings is 1. The van der Waals surface area contributed by atoms with Gasteiger partial charge in [-0.25, -0.2) is 9.18 Å². The molecule has 2 amide bonds. The maximum absolute atomic E-state index is 14.6. The van der Waals surface area contributed by atoms with Crippen LogP contribution in [0.2, 0.25) is 0 Å². The van der Waals surface area contributed by atoms with Crippen LogP contribution in [0, 0.1) is 5.82 Å². The zero-order chi connectivity index (χ0) is 28.4. The standard InChI is InChI=1S/C30H36FN5O2S/c1-6-33-26-19-28(23-11-9-8-10-22(12-13-23)20-36(5)17-16-35(4)7-2)39-29(26)21(3)38-27-15-14-24(18-25(27)31)34-30(32)37/h6,9-10,12-15,18-19H,3,7-8,16-17,20H2,1-2,4-5H3,(H3,32,34,37). The second-order valence-corrected chi connectivity index (χ2v) is 10.2. The van der Waals surface area contributed by atoms with E-state index in [4.69, 9.17) is 10.5 Å². The van der Waals surface area contributed by atoms with Crippen LogP contribution in [0.25, 0.3) is 11.3 Å². The monoisotopic (exact) mass is 549 g/mol. The molecule has 0 spiro atoms. The van der Waals surface area contributed by atoms with Crippen LogP contribution in [0.4, 0.5) is 20.6 Å². The molecule has 0 saturated carbocycles. The second-order valence-electron chi connectivity index (χ2n) is 9.12. The van der Waals surface area contributed by atoms with Crippen LogP contribution in [0.3, 0.4) is 0 Å². The molecule has 2 aromatic rings. The van der Waals surface area contributed by atoms with Crippen LogP contribution in [-0.2, 0) is 0 Å². The molecule has 7 nitrogen and oxygen atoms in total. The molecule has 0 atom stereocenters. The number of primary amides is 1. The van der Waals surface area contributed by atoms with Crippen molar-refractivity contribution < 1.29 is 13.9 Å². The molecular weight excluding hydrogens is 513 g/mol. The number of urea groups is 1. The summed E-state index contributed by atoms with van der Waals surface area (Å²) in [7, 11) is 4.27. The molecular formula is C30H36FN5O2S. The summed E-state index contributed by atoms with van der Waals surface area (Å²) in [6.07, 6.45) is 10.9. The smallest absolute Gasteiger partial charge is 0.316 e. The zero-order valence-electron chi connectivity index (χ0n) is 23.0. The van der Waals surface area contributed by atoms with Crippen LogP contribution in [0.1, 0.15) is 30.0 Å². The Morgan fingerprint density at radius 3 is 2.74 bits per heavy atom. The van der Waals surface area contributed by atoms with Crippen LogP contribution >= 0.6 is 11.3 Å². The normalized spacial score (nSPS) is 13.4. The number of halogens is 1. The molecule has 1 aliphatic rings. The first kappa shape index (κ1) is 29.8. The summed E-state index contributed by atoms with van der Waals surface area (Å²) >= 11 is 1.46. The molecule has 1 aromatic carbocycles. The third-order valence-electron chi connectivity index (χ3n) is 6.01. The maximum Gasteiger partial charge on any atom is 0.316 e. The minimum absolute atomic E-state index is 0.0228. The molecule has 1 aromatic heterocycles. The highest BCUT2D eigenvalue weighted by Gasteiger charge is 2.17. The highest BCUT2D eigenvalue weighted by molar-refractivity contribution is 7.14. The van der Waals surface area contributed by atoms with Crippen LogP contribution < -0.4 is 15.8 Å². The lowest BCUT2D eigenvalue weighted by molar-refractivity contribution is 0.259. The van der Waals surface area contributed by atoms with Crippen LogP contribution in [0.15, 0.2) is 71.4 Å². The summed E-state index contributed by atoms with van der Waals surface area (Å²) in [4.78, 5) is 21.8. The number of amides is 2. The maximum atomic E-state index is 14.6. The molecule has 0 fully saturated rings. The van der Waals surface area contributed by atoms with Gasteiger partial charge in [0.2, 0.25) is 0 Å². The number of allylic oxidation sites excluding steroid dienone is 3. The number of nitrogens with one attached hydrogen (secondary N) is 1. The molecule has 0 radical (unpaired) electrons. The van der Waals surface area contributed by atoms with E-state index in [9.17, 15) is 9.18 Å². The highest BCUT2D eigenvalue weighted by atomic mass is 32.1. The average molecular weight is 550 g/mol. The zero-order valence-corrected chi connectivity index (χ0v) is 23.8. The average Bonchev–Trinajstić information content (AvgIpc) is 3.29. The third kappa shape index (κ3) is 8.90. The Labute approximate surface area is 234 Å². The predicted molar refractivity (Wildman–Crippen MR) is 161 cm³/mol. The summed E-state index contributed by atoms with van der Waals surface area (Å²) in [5.74, 6) is -0.413. The number of aliphatic imine (C=N–C) groups is 1. The number of ether oxygens (including phenoxy) is 1. The van der Waals surface area contributed by atoms with Crippen molar-refractivity contribution in [3.8, 4) is 5.75 Å². The van der Waals surface area contributed by atoms with Gasteiger partial charge in [0.1, 0.15) is 5.76 Å². The van der Waals surface area contributed by atoms with Crippen molar-refractivity contribution in [3.63, 3.8) is 0 Å². The Kier molecular flexibility index (Phi) is 11.0. The Morgan fingerprint density at radius 1 is 1.28 bits per heavy atom. The van der Waals surface area contributed by atoms with Gasteiger partial charge in [-0.15, -0.1) is 17.1 Å². The number of carbonyl (C=O) groups is 1. The lowest BCUT2D eigenvalue weighted by Crippen LogP contribution is -2.31. The lowest BCUT2D eigenvalue weighted by atomic mass is 10.1. The topological polar surface area (TPSA) is 83.2 Å². The number of carbonyl (C=O) groups excluding carboxylic acids is 1. The van der Waals surface area contributed by atoms with Crippen molar-refractivity contribution in [3.05, 3.63) is 82.0 Å². The van der Waals surface area contributed by atoms with Crippen molar-refractivity contribution in [2.24, 2.45) is 10.7 Å². The van der Waals surface area contributed by atoms with Gasteiger partial charge in [0.15, 0.2) is 11.6 Å². The first-order valence-corrected chi connectivity index (χ1v) is 13.6. The molecule has 0 saturated heterocycles. The minimum atomic E-state index is -0.776. The summed E-state index contributed by atoms with van der Waals surface area (Å²) in [5.41, 5.74) is 11.6. The number of nitrogens with zero attached hydrogens (tertiary/aromatic N) is 3. The number of hydrogen-bond acceptors (Lipinski definition) is 6. The summed E-state index contributed by atoms with van der Waals surface area (Å²) in [6, 6.07) is 5.24. The Balaban J connectivity index is 1.77. The van der Waals surface area contributed by atoms with Crippen molar-refractivity contribution in [1.82, 2.24) is 9.80 Å². The van der Waals surface area contributed by atoms with Crippen molar-refractivity contribution >= 4 is 46.3 Å². The number of nitrogens with two attached hydrogens (primary N) is 1. The fourth-order valence-corrected chi connectivity index (χ4v) is 4.78. The van der Waals surface area contributed by atoms with Gasteiger partial charge in [-0.1, -0.05) is 25.7 Å². The molecule has 0 bridgehead atoms. The second kappa shape index (κ2) is 14.4. The molecule has 206 valence electrons. The molecule has 3 rings (SSSR count). The van der Waals surface area contributed by atoms with E-state index >= 15 is 0 Å². The Bertz CT molecular complexity index is 1350. The minimum Gasteiger partial charge on any atom is -0.453 e. The van der Waals surface area contributed by atoms with E-state index in [0.717, 1.165) is 49.1 Å². The molecule has 1 heterocycles. The van der Waals surface area contributed by atoms with Crippen molar-refractivity contribution in [2.75, 3.05) is 45.6 Å². The summed E-state index contributed by atoms with van der Waals surface area (Å²) in [5, 5.41) is 2.34. The first-order valence-electron chi connectivity index (χ1n) is 12.8. The molecule has 1 aliphatic carbocycles. The predicted octanol–water partition coefficient (Wildman–Crippen LogP) is 6.46. The van der Waals surface area contributed by atoms with E-state index in [1.165, 1.54) is 29.0 Å². The van der Waals surface area contributed by atoms with Gasteiger partial charge < -0.3 is 25.6 Å². The van der Waals surface area contributed by atoms with E-state index in [-0.39, 0.29) is 17.2 Å². The number of anilines is 1. The van der Waals surface area contributed by atoms with Gasteiger partial charge in [0.05, 0.1) is 10.6 Å². The molecule has 3 N–H and O–H groups in total. The number of thiophene rings is 1. The largest absolute Gasteiger partial charge is 0.453 e. The van der Waals surface area contributed by atoms with Crippen molar-refractivity contribution in [2.45, 2.75) is 20.3 Å². The van der Waals surface area contributed by atoms with Crippen LogP contribution in [-0.4, -0.2) is 62.3 Å². The first-order chi connectivity index (χ1) is 18.7. The van der Waals surface area contributed by atoms with Gasteiger partial charge in [-0.3, -0.25) is 4.99 Å². The van der Waals surface area contributed by atoms with E-state index < -0.39 is 11.8 Å².